The zero-order valence-corrected chi connectivity index (χ0v) is 9.93. The van der Waals surface area contributed by atoms with E-state index in [1.165, 1.54) is 10.4 Å². The average Bonchev–Trinajstić information content (AvgIpc) is 2.60. The lowest BCUT2D eigenvalue weighted by molar-refractivity contribution is 0.107. The number of ether oxygens (including phenoxy) is 1. The summed E-state index contributed by atoms with van der Waals surface area (Å²) < 4.78 is 5.20. The van der Waals surface area contributed by atoms with Gasteiger partial charge in [0.05, 0.1) is 6.10 Å². The van der Waals surface area contributed by atoms with Crippen molar-refractivity contribution < 1.29 is 4.74 Å². The Morgan fingerprint density at radius 1 is 1.50 bits per heavy atom. The molecule has 2 unspecified atom stereocenters. The second-order valence-electron chi connectivity index (χ2n) is 3.70. The van der Waals surface area contributed by atoms with Gasteiger partial charge in [-0.05, 0) is 43.7 Å². The van der Waals surface area contributed by atoms with Gasteiger partial charge in [0, 0.05) is 18.0 Å². The van der Waals surface area contributed by atoms with E-state index in [1.54, 1.807) is 18.4 Å². The van der Waals surface area contributed by atoms with Gasteiger partial charge in [0.1, 0.15) is 0 Å². The first-order chi connectivity index (χ1) is 6.65. The van der Waals surface area contributed by atoms with Crippen LogP contribution in [0.1, 0.15) is 36.2 Å². The molecule has 1 aromatic rings. The monoisotopic (exact) mass is 213 g/mol. The number of thiophene rings is 1. The van der Waals surface area contributed by atoms with Gasteiger partial charge >= 0.3 is 0 Å². The molecule has 0 saturated heterocycles. The molecule has 2 nitrogen and oxygen atoms in total. The molecule has 2 N–H and O–H groups in total. The van der Waals surface area contributed by atoms with Crippen LogP contribution in [0.2, 0.25) is 0 Å². The van der Waals surface area contributed by atoms with Crippen molar-refractivity contribution in [1.29, 1.82) is 0 Å². The standard InChI is InChI=1S/C11H19NOS/c1-8-6-7-14-11(8)10(12)5-4-9(2)13-3/h6-7,9-10H,4-5,12H2,1-3H3. The second kappa shape index (κ2) is 5.49. The largest absolute Gasteiger partial charge is 0.382 e. The Hall–Kier alpha value is -0.380. The molecule has 0 fully saturated rings. The number of hydrogen-bond donors (Lipinski definition) is 1. The Labute approximate surface area is 90.1 Å². The molecule has 0 amide bonds. The molecule has 0 aliphatic heterocycles. The Kier molecular flexibility index (Phi) is 4.58. The maximum absolute atomic E-state index is 6.10. The van der Waals surface area contributed by atoms with Gasteiger partial charge in [-0.3, -0.25) is 0 Å². The van der Waals surface area contributed by atoms with Crippen molar-refractivity contribution >= 4 is 11.3 Å². The molecular weight excluding hydrogens is 194 g/mol. The molecule has 0 spiro atoms. The Bertz CT molecular complexity index is 272. The Morgan fingerprint density at radius 3 is 2.71 bits per heavy atom. The van der Waals surface area contributed by atoms with Crippen LogP contribution in [0, 0.1) is 6.92 Å². The minimum atomic E-state index is 0.174. The van der Waals surface area contributed by atoms with E-state index < -0.39 is 0 Å². The molecule has 1 aromatic heterocycles. The van der Waals surface area contributed by atoms with Crippen molar-refractivity contribution in [1.82, 2.24) is 0 Å². The maximum Gasteiger partial charge on any atom is 0.0543 e. The van der Waals surface area contributed by atoms with E-state index in [2.05, 4.69) is 25.3 Å². The Balaban J connectivity index is 2.43. The van der Waals surface area contributed by atoms with Gasteiger partial charge in [-0.15, -0.1) is 11.3 Å². The van der Waals surface area contributed by atoms with E-state index in [0.717, 1.165) is 12.8 Å². The van der Waals surface area contributed by atoms with Crippen LogP contribution in [0.4, 0.5) is 0 Å². The fourth-order valence-electron chi connectivity index (χ4n) is 1.43. The molecule has 1 rings (SSSR count). The van der Waals surface area contributed by atoms with Crippen LogP contribution in [-0.4, -0.2) is 13.2 Å². The predicted octanol–water partition coefficient (Wildman–Crippen LogP) is 2.87. The van der Waals surface area contributed by atoms with E-state index in [9.17, 15) is 0 Å². The van der Waals surface area contributed by atoms with Gasteiger partial charge in [0.15, 0.2) is 0 Å². The minimum absolute atomic E-state index is 0.174. The summed E-state index contributed by atoms with van der Waals surface area (Å²) in [5.41, 5.74) is 7.41. The highest BCUT2D eigenvalue weighted by Crippen LogP contribution is 2.25. The summed E-state index contributed by atoms with van der Waals surface area (Å²) in [5.74, 6) is 0. The minimum Gasteiger partial charge on any atom is -0.382 e. The third-order valence-corrected chi connectivity index (χ3v) is 3.68. The van der Waals surface area contributed by atoms with E-state index >= 15 is 0 Å². The summed E-state index contributed by atoms with van der Waals surface area (Å²) in [4.78, 5) is 1.31. The molecule has 2 atom stereocenters. The third-order valence-electron chi connectivity index (χ3n) is 2.53. The number of methoxy groups -OCH3 is 1. The molecular formula is C11H19NOS. The van der Waals surface area contributed by atoms with Gasteiger partial charge < -0.3 is 10.5 Å². The Morgan fingerprint density at radius 2 is 2.21 bits per heavy atom. The first-order valence-electron chi connectivity index (χ1n) is 4.97. The molecule has 0 radical (unpaired) electrons. The summed E-state index contributed by atoms with van der Waals surface area (Å²) >= 11 is 1.75. The van der Waals surface area contributed by atoms with Crippen molar-refractivity contribution in [2.24, 2.45) is 5.73 Å². The lowest BCUT2D eigenvalue weighted by Crippen LogP contribution is -2.13. The summed E-state index contributed by atoms with van der Waals surface area (Å²) in [6.07, 6.45) is 2.33. The zero-order valence-electron chi connectivity index (χ0n) is 9.12. The number of hydrogen-bond acceptors (Lipinski definition) is 3. The summed E-state index contributed by atoms with van der Waals surface area (Å²) in [5, 5.41) is 2.10. The summed E-state index contributed by atoms with van der Waals surface area (Å²) in [7, 11) is 1.74. The first kappa shape index (κ1) is 11.7. The van der Waals surface area contributed by atoms with Crippen LogP contribution < -0.4 is 5.73 Å². The highest BCUT2D eigenvalue weighted by atomic mass is 32.1. The van der Waals surface area contributed by atoms with Crippen molar-refractivity contribution in [3.63, 3.8) is 0 Å². The van der Waals surface area contributed by atoms with Gasteiger partial charge in [-0.1, -0.05) is 0 Å². The zero-order chi connectivity index (χ0) is 10.6. The quantitative estimate of drug-likeness (QED) is 0.816. The number of nitrogens with two attached hydrogens (primary N) is 1. The van der Waals surface area contributed by atoms with Gasteiger partial charge in [0.2, 0.25) is 0 Å². The molecule has 0 aliphatic rings. The highest BCUT2D eigenvalue weighted by molar-refractivity contribution is 7.10. The van der Waals surface area contributed by atoms with Crippen LogP contribution in [0.3, 0.4) is 0 Å². The molecule has 0 bridgehead atoms. The normalized spacial score (nSPS) is 15.4. The fraction of sp³-hybridized carbons (Fsp3) is 0.636. The third kappa shape index (κ3) is 3.08. The van der Waals surface area contributed by atoms with E-state index in [1.807, 2.05) is 0 Å². The lowest BCUT2D eigenvalue weighted by atomic mass is 10.1. The smallest absolute Gasteiger partial charge is 0.0543 e. The number of aryl methyl sites for hydroxylation is 1. The fourth-order valence-corrected chi connectivity index (χ4v) is 2.39. The molecule has 0 saturated carbocycles. The maximum atomic E-state index is 6.10. The van der Waals surface area contributed by atoms with Gasteiger partial charge in [-0.25, -0.2) is 0 Å². The molecule has 14 heavy (non-hydrogen) atoms. The SMILES string of the molecule is COC(C)CCC(N)c1sccc1C. The lowest BCUT2D eigenvalue weighted by Gasteiger charge is -2.14. The van der Waals surface area contributed by atoms with Crippen LogP contribution >= 0.6 is 11.3 Å². The highest BCUT2D eigenvalue weighted by Gasteiger charge is 2.11. The van der Waals surface area contributed by atoms with Crippen LogP contribution in [0.25, 0.3) is 0 Å². The molecule has 0 aliphatic carbocycles. The van der Waals surface area contributed by atoms with Gasteiger partial charge in [0.25, 0.3) is 0 Å². The number of rotatable bonds is 5. The summed E-state index contributed by atoms with van der Waals surface area (Å²) in [6.45, 7) is 4.19. The van der Waals surface area contributed by atoms with Crippen LogP contribution in [0.5, 0.6) is 0 Å². The van der Waals surface area contributed by atoms with E-state index in [4.69, 9.17) is 10.5 Å². The molecule has 80 valence electrons. The van der Waals surface area contributed by atoms with Crippen molar-refractivity contribution in [3.8, 4) is 0 Å². The first-order valence-corrected chi connectivity index (χ1v) is 5.85. The second-order valence-corrected chi connectivity index (χ2v) is 4.65. The van der Waals surface area contributed by atoms with Crippen LogP contribution in [-0.2, 0) is 4.74 Å². The molecule has 3 heteroatoms. The van der Waals surface area contributed by atoms with Crippen molar-refractivity contribution in [3.05, 3.63) is 21.9 Å². The molecule has 0 aromatic carbocycles. The van der Waals surface area contributed by atoms with E-state index in [0.29, 0.717) is 6.10 Å². The van der Waals surface area contributed by atoms with Gasteiger partial charge in [-0.2, -0.15) is 0 Å². The van der Waals surface area contributed by atoms with Crippen molar-refractivity contribution in [2.75, 3.05) is 7.11 Å². The summed E-state index contributed by atoms with van der Waals surface area (Å²) in [6, 6.07) is 2.30. The average molecular weight is 213 g/mol. The predicted molar refractivity (Wildman–Crippen MR) is 61.7 cm³/mol. The van der Waals surface area contributed by atoms with Crippen LogP contribution in [0.15, 0.2) is 11.4 Å². The topological polar surface area (TPSA) is 35.2 Å². The van der Waals surface area contributed by atoms with E-state index in [-0.39, 0.29) is 6.04 Å². The molecule has 1 heterocycles. The van der Waals surface area contributed by atoms with Crippen molar-refractivity contribution in [2.45, 2.75) is 38.8 Å².